The highest BCUT2D eigenvalue weighted by atomic mass is 35.5. The number of carboxylic acid groups (broad SMARTS) is 1. The summed E-state index contributed by atoms with van der Waals surface area (Å²) < 4.78 is 32.9. The van der Waals surface area contributed by atoms with E-state index in [2.05, 4.69) is 0 Å². The van der Waals surface area contributed by atoms with Crippen molar-refractivity contribution in [1.82, 2.24) is 4.31 Å². The summed E-state index contributed by atoms with van der Waals surface area (Å²) in [7, 11) is -4.06. The zero-order valence-electron chi connectivity index (χ0n) is 17.5. The topological polar surface area (TPSA) is 101 Å². The summed E-state index contributed by atoms with van der Waals surface area (Å²) in [6, 6.07) is 14.1. The van der Waals surface area contributed by atoms with Crippen molar-refractivity contribution in [2.75, 3.05) is 13.2 Å². The summed E-state index contributed by atoms with van der Waals surface area (Å²) in [5.74, 6) is -1.33. The second kappa shape index (κ2) is 10.9. The molecule has 1 fully saturated rings. The molecule has 0 saturated heterocycles. The number of carbonyl (C=O) groups excluding carboxylic acids is 1. The summed E-state index contributed by atoms with van der Waals surface area (Å²) >= 11 is 5.90. The van der Waals surface area contributed by atoms with Gasteiger partial charge in [0.05, 0.1) is 11.0 Å². The van der Waals surface area contributed by atoms with Crippen LogP contribution in [0.25, 0.3) is 0 Å². The lowest BCUT2D eigenvalue weighted by atomic mass is 9.85. The van der Waals surface area contributed by atoms with E-state index >= 15 is 0 Å². The normalized spacial score (nSPS) is 18.8. The predicted molar refractivity (Wildman–Crippen MR) is 120 cm³/mol. The molecule has 0 heterocycles. The van der Waals surface area contributed by atoms with Crippen LogP contribution in [-0.2, 0) is 19.6 Å². The monoisotopic (exact) mass is 479 g/mol. The number of aliphatic carboxylic acids is 1. The molecule has 0 spiro atoms. The Balaban J connectivity index is 1.72. The van der Waals surface area contributed by atoms with Gasteiger partial charge in [0.2, 0.25) is 0 Å². The second-order valence-corrected chi connectivity index (χ2v) is 10.1. The number of ether oxygens (including phenoxy) is 1. The molecule has 1 aliphatic carbocycles. The fourth-order valence-corrected chi connectivity index (χ4v) is 5.40. The molecule has 1 N–H and O–H groups in total. The predicted octanol–water partition coefficient (Wildman–Crippen LogP) is 4.22. The highest BCUT2D eigenvalue weighted by Crippen LogP contribution is 2.30. The van der Waals surface area contributed by atoms with Crippen molar-refractivity contribution < 1.29 is 27.9 Å². The van der Waals surface area contributed by atoms with Crippen molar-refractivity contribution >= 4 is 33.5 Å². The Morgan fingerprint density at radius 3 is 2.22 bits per heavy atom. The number of halogens is 1. The van der Waals surface area contributed by atoms with Gasteiger partial charge in [-0.05, 0) is 74.4 Å². The minimum Gasteiger partial charge on any atom is -0.480 e. The zero-order chi connectivity index (χ0) is 23.1. The first-order valence-corrected chi connectivity index (χ1v) is 12.3. The van der Waals surface area contributed by atoms with Gasteiger partial charge >= 0.3 is 5.97 Å². The molecule has 1 aliphatic rings. The van der Waals surface area contributed by atoms with E-state index in [1.165, 1.54) is 24.3 Å². The number of carbonyl (C=O) groups is 2. The molecule has 1 saturated carbocycles. The standard InChI is InChI=1S/C23H26ClNO6S/c24-19-8-12-21(13-9-19)32(29,30)25(23(28)18-4-2-1-3-5-18)15-14-17-6-10-20(11-7-17)31-16-22(26)27/h1-5,8-9,12-13,17,20H,6-7,10-11,14-16H2,(H,26,27). The van der Waals surface area contributed by atoms with E-state index in [-0.39, 0.29) is 30.1 Å². The maximum Gasteiger partial charge on any atom is 0.329 e. The quantitative estimate of drug-likeness (QED) is 0.577. The fourth-order valence-electron chi connectivity index (χ4n) is 3.87. The summed E-state index contributed by atoms with van der Waals surface area (Å²) in [6.07, 6.45) is 3.44. The third-order valence-electron chi connectivity index (χ3n) is 5.63. The lowest BCUT2D eigenvalue weighted by Crippen LogP contribution is -2.38. The summed E-state index contributed by atoms with van der Waals surface area (Å²) in [5, 5.41) is 9.16. The Kier molecular flexibility index (Phi) is 8.28. The number of carboxylic acids is 1. The molecular formula is C23H26ClNO6S. The van der Waals surface area contributed by atoms with E-state index in [9.17, 15) is 18.0 Å². The van der Waals surface area contributed by atoms with Crippen LogP contribution in [-0.4, -0.2) is 49.0 Å². The average Bonchev–Trinajstić information content (AvgIpc) is 2.79. The molecule has 3 rings (SSSR count). The largest absolute Gasteiger partial charge is 0.480 e. The lowest BCUT2D eigenvalue weighted by molar-refractivity contribution is -0.145. The fraction of sp³-hybridized carbons (Fsp3) is 0.391. The number of benzene rings is 2. The van der Waals surface area contributed by atoms with Crippen LogP contribution in [0.5, 0.6) is 0 Å². The van der Waals surface area contributed by atoms with Crippen molar-refractivity contribution in [2.45, 2.75) is 43.1 Å². The highest BCUT2D eigenvalue weighted by Gasteiger charge is 2.31. The SMILES string of the molecule is O=C(O)COC1CCC(CCN(C(=O)c2ccccc2)S(=O)(=O)c2ccc(Cl)cc2)CC1. The molecule has 0 radical (unpaired) electrons. The molecule has 2 aromatic rings. The van der Waals surface area contributed by atoms with Crippen LogP contribution in [0.1, 0.15) is 42.5 Å². The van der Waals surface area contributed by atoms with Gasteiger partial charge in [-0.2, -0.15) is 0 Å². The number of hydrogen-bond donors (Lipinski definition) is 1. The third-order valence-corrected chi connectivity index (χ3v) is 7.67. The minimum atomic E-state index is -4.06. The second-order valence-electron chi connectivity index (χ2n) is 7.84. The van der Waals surface area contributed by atoms with E-state index < -0.39 is 21.9 Å². The van der Waals surface area contributed by atoms with E-state index in [1.807, 2.05) is 0 Å². The van der Waals surface area contributed by atoms with Crippen molar-refractivity contribution in [1.29, 1.82) is 0 Å². The lowest BCUT2D eigenvalue weighted by Gasteiger charge is -2.30. The van der Waals surface area contributed by atoms with Crippen LogP contribution in [0.2, 0.25) is 5.02 Å². The number of rotatable bonds is 9. The summed E-state index contributed by atoms with van der Waals surface area (Å²) in [6.45, 7) is -0.252. The highest BCUT2D eigenvalue weighted by molar-refractivity contribution is 7.89. The Morgan fingerprint density at radius 1 is 1.00 bits per heavy atom. The smallest absolute Gasteiger partial charge is 0.329 e. The van der Waals surface area contributed by atoms with Gasteiger partial charge in [0.25, 0.3) is 15.9 Å². The van der Waals surface area contributed by atoms with Crippen molar-refractivity contribution in [3.63, 3.8) is 0 Å². The van der Waals surface area contributed by atoms with E-state index in [4.69, 9.17) is 21.4 Å². The Morgan fingerprint density at radius 2 is 1.62 bits per heavy atom. The van der Waals surface area contributed by atoms with Gasteiger partial charge in [0.1, 0.15) is 6.61 Å². The Hall–Kier alpha value is -2.42. The van der Waals surface area contributed by atoms with E-state index in [1.54, 1.807) is 30.3 Å². The molecule has 0 atom stereocenters. The first-order chi connectivity index (χ1) is 15.3. The Bertz CT molecular complexity index is 1020. The summed E-state index contributed by atoms with van der Waals surface area (Å²) in [4.78, 5) is 23.8. The first-order valence-electron chi connectivity index (χ1n) is 10.5. The molecule has 7 nitrogen and oxygen atoms in total. The molecule has 0 bridgehead atoms. The number of amides is 1. The van der Waals surface area contributed by atoms with Gasteiger partial charge in [-0.15, -0.1) is 0 Å². The van der Waals surface area contributed by atoms with Crippen molar-refractivity contribution in [3.8, 4) is 0 Å². The van der Waals surface area contributed by atoms with Crippen molar-refractivity contribution in [3.05, 3.63) is 65.2 Å². The molecule has 0 unspecified atom stereocenters. The molecular weight excluding hydrogens is 454 g/mol. The maximum absolute atomic E-state index is 13.3. The summed E-state index contributed by atoms with van der Waals surface area (Å²) in [5.41, 5.74) is 0.302. The van der Waals surface area contributed by atoms with Crippen LogP contribution < -0.4 is 0 Å². The molecule has 9 heteroatoms. The third kappa shape index (κ3) is 6.31. The molecule has 172 valence electrons. The molecule has 0 aromatic heterocycles. The maximum atomic E-state index is 13.3. The van der Waals surface area contributed by atoms with Crippen LogP contribution in [0, 0.1) is 5.92 Å². The van der Waals surface area contributed by atoms with E-state index in [0.29, 0.717) is 29.8 Å². The van der Waals surface area contributed by atoms with Gasteiger partial charge in [-0.25, -0.2) is 17.5 Å². The molecule has 1 amide bonds. The van der Waals surface area contributed by atoms with Gasteiger partial charge in [-0.1, -0.05) is 29.8 Å². The van der Waals surface area contributed by atoms with Gasteiger partial charge < -0.3 is 9.84 Å². The van der Waals surface area contributed by atoms with Gasteiger partial charge in [0.15, 0.2) is 0 Å². The van der Waals surface area contributed by atoms with Crippen LogP contribution in [0.3, 0.4) is 0 Å². The minimum absolute atomic E-state index is 0.0111. The number of sulfonamides is 1. The molecule has 2 aromatic carbocycles. The zero-order valence-corrected chi connectivity index (χ0v) is 19.1. The first kappa shape index (κ1) is 24.2. The van der Waals surface area contributed by atoms with Gasteiger partial charge in [-0.3, -0.25) is 4.79 Å². The number of nitrogens with zero attached hydrogens (tertiary/aromatic N) is 1. The Labute approximate surface area is 193 Å². The molecule has 0 aliphatic heterocycles. The van der Waals surface area contributed by atoms with Crippen LogP contribution in [0.15, 0.2) is 59.5 Å². The van der Waals surface area contributed by atoms with Crippen molar-refractivity contribution in [2.24, 2.45) is 5.92 Å². The van der Waals surface area contributed by atoms with Crippen LogP contribution >= 0.6 is 11.6 Å². The number of hydrogen-bond acceptors (Lipinski definition) is 5. The van der Waals surface area contributed by atoms with E-state index in [0.717, 1.165) is 17.1 Å². The average molecular weight is 480 g/mol. The van der Waals surface area contributed by atoms with Gasteiger partial charge in [0, 0.05) is 17.1 Å². The van der Waals surface area contributed by atoms with Crippen LogP contribution in [0.4, 0.5) is 0 Å². The molecule has 32 heavy (non-hydrogen) atoms.